The summed E-state index contributed by atoms with van der Waals surface area (Å²) < 4.78 is 34.9. The van der Waals surface area contributed by atoms with Gasteiger partial charge in [0, 0.05) is 0 Å². The van der Waals surface area contributed by atoms with Crippen LogP contribution in [0, 0.1) is 0 Å². The molecule has 1 aliphatic rings. The number of carbonyl (C=O) groups is 1. The fourth-order valence-electron chi connectivity index (χ4n) is 2.38. The van der Waals surface area contributed by atoms with E-state index in [0.29, 0.717) is 16.8 Å². The molecular weight excluding hydrogens is 384 g/mol. The van der Waals surface area contributed by atoms with Gasteiger partial charge >= 0.3 is 0 Å². The summed E-state index contributed by atoms with van der Waals surface area (Å²) in [6.07, 6.45) is 0. The number of hydrogen-bond donors (Lipinski definition) is 0. The quantitative estimate of drug-likeness (QED) is 0.794. The molecule has 0 unspecified atom stereocenters. The second-order valence-corrected chi connectivity index (χ2v) is 7.82. The summed E-state index contributed by atoms with van der Waals surface area (Å²) in [5, 5.41) is 0. The van der Waals surface area contributed by atoms with Crippen molar-refractivity contribution >= 4 is 31.6 Å². The van der Waals surface area contributed by atoms with Crippen molar-refractivity contribution in [1.82, 2.24) is 0 Å². The zero-order chi connectivity index (χ0) is 16.6. The maximum absolute atomic E-state index is 11.9. The molecule has 0 aromatic heterocycles. The van der Waals surface area contributed by atoms with Crippen molar-refractivity contribution in [3.05, 3.63) is 52.0 Å². The molecule has 3 rings (SSSR count). The van der Waals surface area contributed by atoms with Crippen LogP contribution in [-0.4, -0.2) is 27.1 Å². The molecule has 2 aromatic carbocycles. The van der Waals surface area contributed by atoms with Crippen LogP contribution in [0.4, 0.5) is 0 Å². The predicted molar refractivity (Wildman–Crippen MR) is 87.9 cm³/mol. The molecule has 0 saturated heterocycles. The van der Waals surface area contributed by atoms with Crippen molar-refractivity contribution in [2.24, 2.45) is 0 Å². The molecular formula is C16H13BrO5S. The van der Waals surface area contributed by atoms with Crippen LogP contribution in [0.2, 0.25) is 0 Å². The zero-order valence-corrected chi connectivity index (χ0v) is 14.6. The summed E-state index contributed by atoms with van der Waals surface area (Å²) >= 11 is 3.29. The van der Waals surface area contributed by atoms with Crippen LogP contribution < -0.4 is 9.47 Å². The van der Waals surface area contributed by atoms with Crippen molar-refractivity contribution in [3.63, 3.8) is 0 Å². The molecule has 1 aliphatic heterocycles. The first-order chi connectivity index (χ1) is 10.9. The lowest BCUT2D eigenvalue weighted by molar-refractivity contribution is 0.102. The van der Waals surface area contributed by atoms with Crippen LogP contribution in [0.5, 0.6) is 11.5 Å². The van der Waals surface area contributed by atoms with Crippen molar-refractivity contribution in [2.75, 3.05) is 12.9 Å². The van der Waals surface area contributed by atoms with Gasteiger partial charge in [0.2, 0.25) is 0 Å². The van der Waals surface area contributed by atoms with Gasteiger partial charge in [0.15, 0.2) is 15.6 Å². The minimum Gasteiger partial charge on any atom is -0.497 e. The number of Topliss-reactive ketones (excluding diaryl/α,β-unsaturated/α-hetero) is 1. The molecule has 120 valence electrons. The van der Waals surface area contributed by atoms with Crippen LogP contribution in [0.1, 0.15) is 15.9 Å². The minimum atomic E-state index is -3.52. The Hall–Kier alpha value is -1.86. The highest BCUT2D eigenvalue weighted by Crippen LogP contribution is 2.38. The van der Waals surface area contributed by atoms with Gasteiger partial charge < -0.3 is 9.47 Å². The Morgan fingerprint density at radius 3 is 2.48 bits per heavy atom. The van der Waals surface area contributed by atoms with Crippen molar-refractivity contribution in [2.45, 2.75) is 11.5 Å². The molecule has 0 radical (unpaired) electrons. The molecule has 0 saturated carbocycles. The molecule has 0 spiro atoms. The summed E-state index contributed by atoms with van der Waals surface area (Å²) in [6.45, 7) is 0.294. The normalized spacial score (nSPS) is 15.3. The van der Waals surface area contributed by atoms with Gasteiger partial charge in [0.05, 0.1) is 22.0 Å². The molecule has 0 N–H and O–H groups in total. The molecule has 5 nitrogen and oxygen atoms in total. The first-order valence-corrected chi connectivity index (χ1v) is 9.21. The number of ether oxygens (including phenoxy) is 2. The number of ketones is 1. The maximum Gasteiger partial charge on any atom is 0.186 e. The van der Waals surface area contributed by atoms with E-state index in [2.05, 4.69) is 15.9 Å². The topological polar surface area (TPSA) is 69.7 Å². The summed E-state index contributed by atoms with van der Waals surface area (Å²) in [5.74, 6) is 0.290. The van der Waals surface area contributed by atoms with Crippen LogP contribution in [-0.2, 0) is 16.4 Å². The van der Waals surface area contributed by atoms with E-state index in [0.717, 1.165) is 11.3 Å². The van der Waals surface area contributed by atoms with E-state index in [1.54, 1.807) is 13.2 Å². The SMILES string of the molecule is COc1ccc(COc2ccc3c(c2Br)C(=O)CS3(=O)=O)cc1. The van der Waals surface area contributed by atoms with Crippen molar-refractivity contribution < 1.29 is 22.7 Å². The third-order valence-corrected chi connectivity index (χ3v) is 6.00. The van der Waals surface area contributed by atoms with Gasteiger partial charge in [-0.05, 0) is 45.8 Å². The summed E-state index contributed by atoms with van der Waals surface area (Å²) in [7, 11) is -1.92. The lowest BCUT2D eigenvalue weighted by Crippen LogP contribution is -2.03. The summed E-state index contributed by atoms with van der Waals surface area (Å²) in [4.78, 5) is 12.0. The highest BCUT2D eigenvalue weighted by molar-refractivity contribution is 9.10. The molecule has 0 fully saturated rings. The second-order valence-electron chi connectivity index (χ2n) is 5.07. The third-order valence-electron chi connectivity index (χ3n) is 3.56. The average Bonchev–Trinajstić information content (AvgIpc) is 2.77. The average molecular weight is 397 g/mol. The Bertz CT molecular complexity index is 872. The number of fused-ring (bicyclic) bond motifs is 1. The zero-order valence-electron chi connectivity index (χ0n) is 12.2. The Morgan fingerprint density at radius 2 is 1.83 bits per heavy atom. The molecule has 7 heteroatoms. The third kappa shape index (κ3) is 2.98. The van der Waals surface area contributed by atoms with E-state index in [-0.39, 0.29) is 10.5 Å². The minimum absolute atomic E-state index is 0.0613. The van der Waals surface area contributed by atoms with E-state index in [4.69, 9.17) is 9.47 Å². The van der Waals surface area contributed by atoms with Crippen LogP contribution in [0.15, 0.2) is 45.8 Å². The summed E-state index contributed by atoms with van der Waals surface area (Å²) in [6, 6.07) is 10.4. The van der Waals surface area contributed by atoms with Gasteiger partial charge in [-0.3, -0.25) is 4.79 Å². The number of rotatable bonds is 4. The number of sulfone groups is 1. The van der Waals surface area contributed by atoms with Crippen LogP contribution in [0.3, 0.4) is 0 Å². The molecule has 0 aliphatic carbocycles. The smallest absolute Gasteiger partial charge is 0.186 e. The Balaban J connectivity index is 1.85. The first-order valence-electron chi connectivity index (χ1n) is 6.76. The number of halogens is 1. The van der Waals surface area contributed by atoms with Gasteiger partial charge in [0.1, 0.15) is 23.9 Å². The van der Waals surface area contributed by atoms with E-state index >= 15 is 0 Å². The number of carbonyl (C=O) groups excluding carboxylic acids is 1. The fourth-order valence-corrected chi connectivity index (χ4v) is 4.63. The fraction of sp³-hybridized carbons (Fsp3) is 0.188. The number of benzene rings is 2. The molecule has 1 heterocycles. The second kappa shape index (κ2) is 5.98. The first kappa shape index (κ1) is 16.0. The van der Waals surface area contributed by atoms with Crippen LogP contribution in [0.25, 0.3) is 0 Å². The standard InChI is InChI=1S/C16H13BrO5S/c1-21-11-4-2-10(3-5-11)8-22-13-6-7-14-15(16(13)17)12(18)9-23(14,19)20/h2-7H,8-9H2,1H3. The van der Waals surface area contributed by atoms with Crippen LogP contribution >= 0.6 is 15.9 Å². The number of methoxy groups -OCH3 is 1. The van der Waals surface area contributed by atoms with Gasteiger partial charge in [-0.25, -0.2) is 8.42 Å². The van der Waals surface area contributed by atoms with E-state index in [1.165, 1.54) is 6.07 Å². The molecule has 0 bridgehead atoms. The van der Waals surface area contributed by atoms with Gasteiger partial charge in [-0.15, -0.1) is 0 Å². The van der Waals surface area contributed by atoms with Gasteiger partial charge in [-0.2, -0.15) is 0 Å². The Morgan fingerprint density at radius 1 is 1.13 bits per heavy atom. The van der Waals surface area contributed by atoms with E-state index in [9.17, 15) is 13.2 Å². The van der Waals surface area contributed by atoms with Gasteiger partial charge in [0.25, 0.3) is 0 Å². The molecule has 2 aromatic rings. The lowest BCUT2D eigenvalue weighted by Gasteiger charge is -2.11. The van der Waals surface area contributed by atoms with E-state index < -0.39 is 21.4 Å². The maximum atomic E-state index is 11.9. The van der Waals surface area contributed by atoms with Crippen molar-refractivity contribution in [3.8, 4) is 11.5 Å². The van der Waals surface area contributed by atoms with E-state index in [1.807, 2.05) is 24.3 Å². The van der Waals surface area contributed by atoms with Gasteiger partial charge in [-0.1, -0.05) is 12.1 Å². The Labute approximate surface area is 142 Å². The monoisotopic (exact) mass is 396 g/mol. The lowest BCUT2D eigenvalue weighted by atomic mass is 10.1. The predicted octanol–water partition coefficient (Wildman–Crippen LogP) is 3.01. The molecule has 0 amide bonds. The molecule has 0 atom stereocenters. The Kier molecular flexibility index (Phi) is 4.16. The number of hydrogen-bond acceptors (Lipinski definition) is 5. The highest BCUT2D eigenvalue weighted by atomic mass is 79.9. The summed E-state index contributed by atoms with van der Waals surface area (Å²) in [5.41, 5.74) is 1.11. The molecule has 23 heavy (non-hydrogen) atoms. The highest BCUT2D eigenvalue weighted by Gasteiger charge is 2.36. The largest absolute Gasteiger partial charge is 0.497 e. The van der Waals surface area contributed by atoms with Crippen molar-refractivity contribution in [1.29, 1.82) is 0 Å².